The van der Waals surface area contributed by atoms with Crippen molar-refractivity contribution in [2.24, 2.45) is 5.29 Å². The second-order valence-corrected chi connectivity index (χ2v) is 4.52. The third-order valence-corrected chi connectivity index (χ3v) is 3.23. The van der Waals surface area contributed by atoms with Gasteiger partial charge in [-0.1, -0.05) is 29.8 Å². The molecule has 0 aliphatic carbocycles. The van der Waals surface area contributed by atoms with Crippen molar-refractivity contribution in [2.45, 2.75) is 0 Å². The van der Waals surface area contributed by atoms with Gasteiger partial charge in [-0.3, -0.25) is 0 Å². The van der Waals surface area contributed by atoms with Crippen molar-refractivity contribution in [3.8, 4) is 11.1 Å². The quantitative estimate of drug-likeness (QED) is 0.446. The smallest absolute Gasteiger partial charge is 0.237 e. The van der Waals surface area contributed by atoms with E-state index in [0.29, 0.717) is 22.1 Å². The molecule has 3 aromatic rings. The molecule has 2 heterocycles. The van der Waals surface area contributed by atoms with Crippen molar-refractivity contribution >= 4 is 28.5 Å². The number of nitrogens with one attached hydrogen (secondary N) is 1. The summed E-state index contributed by atoms with van der Waals surface area (Å²) < 4.78 is 0. The summed E-state index contributed by atoms with van der Waals surface area (Å²) in [4.78, 5) is 19.0. The van der Waals surface area contributed by atoms with Gasteiger partial charge in [0.1, 0.15) is 0 Å². The molecule has 7 heteroatoms. The van der Waals surface area contributed by atoms with Gasteiger partial charge in [0.2, 0.25) is 0 Å². The molecular formula is C14H9ClN4NaO+. The number of aromatic nitrogens is 2. The normalized spacial score (nSPS) is 9.95. The van der Waals surface area contributed by atoms with Crippen LogP contribution in [0.2, 0.25) is 5.02 Å². The molecular weight excluding hydrogens is 299 g/mol. The Balaban J connectivity index is 0.00000161. The largest absolute Gasteiger partial charge is 1.00 e. The van der Waals surface area contributed by atoms with Crippen LogP contribution in [0.1, 0.15) is 0 Å². The molecule has 0 spiro atoms. The van der Waals surface area contributed by atoms with Crippen LogP contribution < -0.4 is 35.0 Å². The Morgan fingerprint density at radius 2 is 1.90 bits per heavy atom. The summed E-state index contributed by atoms with van der Waals surface area (Å²) in [7, 11) is 0. The van der Waals surface area contributed by atoms with Gasteiger partial charge >= 0.3 is 29.6 Å². The fourth-order valence-electron chi connectivity index (χ4n) is 2.02. The Morgan fingerprint density at radius 1 is 1.10 bits per heavy atom. The van der Waals surface area contributed by atoms with E-state index in [2.05, 4.69) is 20.7 Å². The average molecular weight is 308 g/mol. The zero-order chi connectivity index (χ0) is 13.9. The Labute approximate surface area is 148 Å². The molecule has 0 atom stereocenters. The number of anilines is 1. The second kappa shape index (κ2) is 6.95. The molecule has 1 N–H and O–H groups in total. The summed E-state index contributed by atoms with van der Waals surface area (Å²) in [5.74, 6) is 0.333. The van der Waals surface area contributed by atoms with Crippen LogP contribution in [-0.2, 0) is 0 Å². The number of pyridine rings is 2. The van der Waals surface area contributed by atoms with E-state index in [0.717, 1.165) is 10.9 Å². The topological polar surface area (TPSA) is 67.2 Å². The first-order chi connectivity index (χ1) is 9.79. The number of nitroso groups, excluding NO2 is 1. The van der Waals surface area contributed by atoms with Crippen LogP contribution in [0.4, 0.5) is 5.82 Å². The van der Waals surface area contributed by atoms with E-state index in [1.807, 2.05) is 36.4 Å². The van der Waals surface area contributed by atoms with Gasteiger partial charge in [-0.2, -0.15) is 0 Å². The van der Waals surface area contributed by atoms with Crippen LogP contribution in [0, 0.1) is 4.91 Å². The number of nitrogens with zero attached hydrogens (tertiary/aromatic N) is 3. The van der Waals surface area contributed by atoms with E-state index in [-0.39, 0.29) is 29.6 Å². The SMILES string of the molecule is O=NNc1nc2ncccc2cc1-c1ccccc1Cl.[Na+]. The first-order valence-electron chi connectivity index (χ1n) is 5.88. The van der Waals surface area contributed by atoms with Crippen molar-refractivity contribution in [3.63, 3.8) is 0 Å². The molecule has 1 aromatic carbocycles. The van der Waals surface area contributed by atoms with Gasteiger partial charge in [0.05, 0.1) is 5.29 Å². The minimum atomic E-state index is 0. The molecule has 3 rings (SSSR count). The third-order valence-electron chi connectivity index (χ3n) is 2.91. The Bertz CT molecular complexity index is 797. The maximum Gasteiger partial charge on any atom is 1.00 e. The minimum absolute atomic E-state index is 0. The predicted octanol–water partition coefficient (Wildman–Crippen LogP) is 1.05. The van der Waals surface area contributed by atoms with Gasteiger partial charge in [0, 0.05) is 27.7 Å². The average Bonchev–Trinajstić information content (AvgIpc) is 2.48. The Morgan fingerprint density at radius 3 is 2.67 bits per heavy atom. The monoisotopic (exact) mass is 307 g/mol. The first kappa shape index (κ1) is 15.9. The second-order valence-electron chi connectivity index (χ2n) is 4.12. The van der Waals surface area contributed by atoms with Crippen LogP contribution in [-0.4, -0.2) is 9.97 Å². The number of fused-ring (bicyclic) bond motifs is 1. The number of benzene rings is 1. The fraction of sp³-hybridized carbons (Fsp3) is 0. The molecule has 5 nitrogen and oxygen atoms in total. The summed E-state index contributed by atoms with van der Waals surface area (Å²) in [5.41, 5.74) is 4.37. The van der Waals surface area contributed by atoms with E-state index in [1.165, 1.54) is 0 Å². The molecule has 0 aliphatic heterocycles. The Kier molecular flexibility index (Phi) is 5.25. The molecule has 0 radical (unpaired) electrons. The predicted molar refractivity (Wildman–Crippen MR) is 79.4 cm³/mol. The van der Waals surface area contributed by atoms with E-state index in [4.69, 9.17) is 11.6 Å². The van der Waals surface area contributed by atoms with Crippen LogP contribution in [0.25, 0.3) is 22.2 Å². The number of halogens is 1. The molecule has 0 saturated heterocycles. The molecule has 0 fully saturated rings. The maximum atomic E-state index is 10.5. The van der Waals surface area contributed by atoms with E-state index in [1.54, 1.807) is 12.3 Å². The van der Waals surface area contributed by atoms with Crippen molar-refractivity contribution in [1.82, 2.24) is 9.97 Å². The Hall–Kier alpha value is -1.53. The molecule has 0 saturated carbocycles. The third kappa shape index (κ3) is 3.22. The molecule has 98 valence electrons. The summed E-state index contributed by atoms with van der Waals surface area (Å²) >= 11 is 6.20. The van der Waals surface area contributed by atoms with Crippen molar-refractivity contribution in [2.75, 3.05) is 5.43 Å². The van der Waals surface area contributed by atoms with Crippen molar-refractivity contribution in [3.05, 3.63) is 58.6 Å². The zero-order valence-corrected chi connectivity index (χ0v) is 14.0. The summed E-state index contributed by atoms with van der Waals surface area (Å²) in [5, 5.41) is 4.13. The first-order valence-corrected chi connectivity index (χ1v) is 6.26. The fourth-order valence-corrected chi connectivity index (χ4v) is 2.26. The van der Waals surface area contributed by atoms with Gasteiger partial charge in [0.15, 0.2) is 11.5 Å². The number of hydrogen-bond donors (Lipinski definition) is 1. The van der Waals surface area contributed by atoms with Crippen LogP contribution >= 0.6 is 11.6 Å². The van der Waals surface area contributed by atoms with E-state index >= 15 is 0 Å². The van der Waals surface area contributed by atoms with Crippen molar-refractivity contribution < 1.29 is 29.6 Å². The molecule has 0 amide bonds. The minimum Gasteiger partial charge on any atom is -0.237 e. The van der Waals surface area contributed by atoms with Gasteiger partial charge in [-0.05, 0) is 24.3 Å². The van der Waals surface area contributed by atoms with Gasteiger partial charge in [-0.15, -0.1) is 4.91 Å². The summed E-state index contributed by atoms with van der Waals surface area (Å²) in [6.07, 6.45) is 1.64. The summed E-state index contributed by atoms with van der Waals surface area (Å²) in [6.45, 7) is 0. The molecule has 2 aromatic heterocycles. The molecule has 0 unspecified atom stereocenters. The van der Waals surface area contributed by atoms with Gasteiger partial charge < -0.3 is 0 Å². The van der Waals surface area contributed by atoms with Gasteiger partial charge in [0.25, 0.3) is 0 Å². The van der Waals surface area contributed by atoms with Crippen LogP contribution in [0.5, 0.6) is 0 Å². The number of hydrogen-bond acceptors (Lipinski definition) is 4. The molecule has 0 bridgehead atoms. The molecule has 0 aliphatic rings. The van der Waals surface area contributed by atoms with E-state index < -0.39 is 0 Å². The van der Waals surface area contributed by atoms with Crippen LogP contribution in [0.3, 0.4) is 0 Å². The van der Waals surface area contributed by atoms with Gasteiger partial charge in [-0.25, -0.2) is 15.4 Å². The maximum absolute atomic E-state index is 10.5. The summed E-state index contributed by atoms with van der Waals surface area (Å²) in [6, 6.07) is 12.9. The zero-order valence-electron chi connectivity index (χ0n) is 11.2. The standard InChI is InChI=1S/C14H9ClN4O.Na/c15-12-6-2-1-5-10(12)11-8-9-4-3-7-16-13(9)17-14(11)18-19-20;/h1-8H,(H,16,17,18,20);/q;+1. The van der Waals surface area contributed by atoms with Crippen molar-refractivity contribution in [1.29, 1.82) is 0 Å². The van der Waals surface area contributed by atoms with Crippen LogP contribution in [0.15, 0.2) is 53.9 Å². The molecule has 21 heavy (non-hydrogen) atoms. The number of rotatable bonds is 3. The van der Waals surface area contributed by atoms with E-state index in [9.17, 15) is 4.91 Å².